The summed E-state index contributed by atoms with van der Waals surface area (Å²) in [6, 6.07) is 5.98. The molecule has 0 bridgehead atoms. The van der Waals surface area contributed by atoms with Crippen molar-refractivity contribution in [1.82, 2.24) is 10.2 Å². The minimum absolute atomic E-state index is 0.609. The van der Waals surface area contributed by atoms with E-state index in [-0.39, 0.29) is 0 Å². The second kappa shape index (κ2) is 5.57. The highest BCUT2D eigenvalue weighted by molar-refractivity contribution is 9.10. The molecule has 0 saturated carbocycles. The molecule has 2 N–H and O–H groups in total. The summed E-state index contributed by atoms with van der Waals surface area (Å²) in [5, 5.41) is 10.5. The molecule has 0 aliphatic heterocycles. The van der Waals surface area contributed by atoms with Crippen LogP contribution in [0, 0.1) is 0 Å². The van der Waals surface area contributed by atoms with Crippen molar-refractivity contribution in [2.75, 3.05) is 25.0 Å². The van der Waals surface area contributed by atoms with Gasteiger partial charge in [0.15, 0.2) is 5.82 Å². The van der Waals surface area contributed by atoms with Gasteiger partial charge in [-0.3, -0.25) is 0 Å². The second-order valence-electron chi connectivity index (χ2n) is 3.62. The Hall–Kier alpha value is -0.980. The van der Waals surface area contributed by atoms with E-state index < -0.39 is 0 Å². The number of halogens is 1. The lowest BCUT2D eigenvalue weighted by Crippen LogP contribution is -2.25. The van der Waals surface area contributed by atoms with E-state index in [0.29, 0.717) is 6.54 Å². The molecule has 2 heterocycles. The van der Waals surface area contributed by atoms with Gasteiger partial charge in [-0.05, 0) is 34.1 Å². The van der Waals surface area contributed by atoms with Gasteiger partial charge in [-0.25, -0.2) is 0 Å². The predicted octanol–water partition coefficient (Wildman–Crippen LogP) is 2.36. The summed E-state index contributed by atoms with van der Waals surface area (Å²) >= 11 is 5.07. The van der Waals surface area contributed by atoms with E-state index >= 15 is 0 Å². The molecule has 6 heteroatoms. The van der Waals surface area contributed by atoms with Crippen LogP contribution in [0.3, 0.4) is 0 Å². The molecule has 0 radical (unpaired) electrons. The van der Waals surface area contributed by atoms with Gasteiger partial charge in [-0.1, -0.05) is 0 Å². The normalized spacial score (nSPS) is 10.5. The van der Waals surface area contributed by atoms with Crippen molar-refractivity contribution in [2.45, 2.75) is 0 Å². The molecule has 0 spiro atoms. The maximum Gasteiger partial charge on any atom is 0.151 e. The first-order chi connectivity index (χ1) is 8.20. The highest BCUT2D eigenvalue weighted by Crippen LogP contribution is 2.28. The van der Waals surface area contributed by atoms with Crippen molar-refractivity contribution in [3.8, 4) is 10.6 Å². The number of thiophene rings is 1. The summed E-state index contributed by atoms with van der Waals surface area (Å²) in [6.45, 7) is 1.39. The van der Waals surface area contributed by atoms with E-state index in [2.05, 4.69) is 26.1 Å². The Morgan fingerprint density at radius 1 is 1.41 bits per heavy atom. The second-order valence-corrected chi connectivity index (χ2v) is 5.44. The molecule has 0 unspecified atom stereocenters. The molecule has 0 aliphatic carbocycles. The van der Waals surface area contributed by atoms with E-state index in [1.807, 2.05) is 35.5 Å². The van der Waals surface area contributed by atoms with Crippen LogP contribution in [0.15, 0.2) is 28.1 Å². The molecule has 0 aromatic carbocycles. The van der Waals surface area contributed by atoms with Crippen LogP contribution in [0.25, 0.3) is 10.6 Å². The van der Waals surface area contributed by atoms with Crippen LogP contribution in [0.5, 0.6) is 0 Å². The molecule has 4 nitrogen and oxygen atoms in total. The number of rotatable bonds is 4. The van der Waals surface area contributed by atoms with Crippen LogP contribution < -0.4 is 10.6 Å². The van der Waals surface area contributed by atoms with Crippen LogP contribution in [-0.2, 0) is 0 Å². The fourth-order valence-corrected chi connectivity index (χ4v) is 2.81. The van der Waals surface area contributed by atoms with E-state index in [4.69, 9.17) is 5.73 Å². The van der Waals surface area contributed by atoms with Gasteiger partial charge in [0.1, 0.15) is 5.69 Å². The quantitative estimate of drug-likeness (QED) is 0.941. The molecule has 0 atom stereocenters. The zero-order valence-corrected chi connectivity index (χ0v) is 11.8. The summed E-state index contributed by atoms with van der Waals surface area (Å²) in [7, 11) is 1.96. The fraction of sp³-hybridized carbons (Fsp3) is 0.273. The average molecular weight is 313 g/mol. The first-order valence-corrected chi connectivity index (χ1v) is 6.87. The largest absolute Gasteiger partial charge is 0.357 e. The Bertz CT molecular complexity index is 482. The van der Waals surface area contributed by atoms with E-state index in [1.54, 1.807) is 11.3 Å². The molecule has 2 aromatic heterocycles. The van der Waals surface area contributed by atoms with Gasteiger partial charge in [0.05, 0.1) is 4.88 Å². The predicted molar refractivity (Wildman–Crippen MR) is 75.4 cm³/mol. The van der Waals surface area contributed by atoms with Gasteiger partial charge >= 0.3 is 0 Å². The Labute approximate surface area is 113 Å². The minimum atomic E-state index is 0.609. The lowest BCUT2D eigenvalue weighted by Gasteiger charge is -2.15. The Morgan fingerprint density at radius 3 is 2.76 bits per heavy atom. The zero-order valence-electron chi connectivity index (χ0n) is 9.43. The lowest BCUT2D eigenvalue weighted by molar-refractivity contribution is 0.849. The summed E-state index contributed by atoms with van der Waals surface area (Å²) in [6.07, 6.45) is 0. The Balaban J connectivity index is 2.18. The van der Waals surface area contributed by atoms with Crippen LogP contribution in [0.2, 0.25) is 0 Å². The van der Waals surface area contributed by atoms with Gasteiger partial charge in [0.25, 0.3) is 0 Å². The van der Waals surface area contributed by atoms with Crippen LogP contribution in [-0.4, -0.2) is 30.3 Å². The van der Waals surface area contributed by atoms with Crippen LogP contribution in [0.1, 0.15) is 0 Å². The number of hydrogen-bond donors (Lipinski definition) is 1. The summed E-state index contributed by atoms with van der Waals surface area (Å²) in [5.74, 6) is 0.842. The SMILES string of the molecule is CN(CCN)c1ccc(-c2cc(Br)cs2)nn1. The van der Waals surface area contributed by atoms with Crippen LogP contribution >= 0.6 is 27.3 Å². The molecule has 2 aromatic rings. The van der Waals surface area contributed by atoms with Gasteiger partial charge < -0.3 is 10.6 Å². The van der Waals surface area contributed by atoms with Crippen LogP contribution in [0.4, 0.5) is 5.82 Å². The van der Waals surface area contributed by atoms with E-state index in [0.717, 1.165) is 27.4 Å². The third-order valence-electron chi connectivity index (χ3n) is 2.33. The number of aromatic nitrogens is 2. The van der Waals surface area contributed by atoms with E-state index in [9.17, 15) is 0 Å². The topological polar surface area (TPSA) is 55.0 Å². The van der Waals surface area contributed by atoms with Gasteiger partial charge in [-0.2, -0.15) is 0 Å². The fourth-order valence-electron chi connectivity index (χ4n) is 1.42. The highest BCUT2D eigenvalue weighted by Gasteiger charge is 2.06. The molecule has 0 amide bonds. The molecular formula is C11H13BrN4S. The first-order valence-electron chi connectivity index (χ1n) is 5.20. The number of nitrogens with two attached hydrogens (primary N) is 1. The molecular weight excluding hydrogens is 300 g/mol. The Kier molecular flexibility index (Phi) is 4.09. The molecule has 90 valence electrons. The van der Waals surface area contributed by atoms with Crippen molar-refractivity contribution >= 4 is 33.1 Å². The number of likely N-dealkylation sites (N-methyl/N-ethyl adjacent to an activating group) is 1. The standard InChI is InChI=1S/C11H13BrN4S/c1-16(5-4-13)11-3-2-9(14-15-11)10-6-8(12)7-17-10/h2-3,6-7H,4-5,13H2,1H3. The van der Waals surface area contributed by atoms with Crippen molar-refractivity contribution in [2.24, 2.45) is 5.73 Å². The number of anilines is 1. The van der Waals surface area contributed by atoms with Crippen molar-refractivity contribution in [3.05, 3.63) is 28.1 Å². The van der Waals surface area contributed by atoms with Gasteiger partial charge in [-0.15, -0.1) is 21.5 Å². The van der Waals surface area contributed by atoms with Crippen molar-refractivity contribution < 1.29 is 0 Å². The monoisotopic (exact) mass is 312 g/mol. The third-order valence-corrected chi connectivity index (χ3v) is 4.04. The maximum atomic E-state index is 5.50. The zero-order chi connectivity index (χ0) is 12.3. The average Bonchev–Trinajstić information content (AvgIpc) is 2.76. The first kappa shape index (κ1) is 12.5. The third kappa shape index (κ3) is 3.02. The molecule has 0 fully saturated rings. The lowest BCUT2D eigenvalue weighted by atomic mass is 10.3. The minimum Gasteiger partial charge on any atom is -0.357 e. The summed E-state index contributed by atoms with van der Waals surface area (Å²) in [4.78, 5) is 3.10. The van der Waals surface area contributed by atoms with E-state index in [1.165, 1.54) is 0 Å². The Morgan fingerprint density at radius 2 is 2.24 bits per heavy atom. The van der Waals surface area contributed by atoms with Gasteiger partial charge in [0, 0.05) is 30.0 Å². The summed E-state index contributed by atoms with van der Waals surface area (Å²) in [5.41, 5.74) is 6.39. The number of nitrogens with zero attached hydrogens (tertiary/aromatic N) is 3. The highest BCUT2D eigenvalue weighted by atomic mass is 79.9. The van der Waals surface area contributed by atoms with Crippen molar-refractivity contribution in [1.29, 1.82) is 0 Å². The van der Waals surface area contributed by atoms with Crippen molar-refractivity contribution in [3.63, 3.8) is 0 Å². The molecule has 2 rings (SSSR count). The number of hydrogen-bond acceptors (Lipinski definition) is 5. The van der Waals surface area contributed by atoms with Gasteiger partial charge in [0.2, 0.25) is 0 Å². The maximum absolute atomic E-state index is 5.50. The molecule has 0 saturated heterocycles. The molecule has 0 aliphatic rings. The molecule has 17 heavy (non-hydrogen) atoms. The smallest absolute Gasteiger partial charge is 0.151 e. The summed E-state index contributed by atoms with van der Waals surface area (Å²) < 4.78 is 1.07.